The van der Waals surface area contributed by atoms with Gasteiger partial charge in [-0.1, -0.05) is 13.0 Å². The first-order valence-corrected chi connectivity index (χ1v) is 8.95. The van der Waals surface area contributed by atoms with Crippen molar-refractivity contribution in [1.29, 1.82) is 0 Å². The molecule has 0 radical (unpaired) electrons. The molecule has 2 N–H and O–H groups in total. The van der Waals surface area contributed by atoms with E-state index >= 15 is 0 Å². The summed E-state index contributed by atoms with van der Waals surface area (Å²) in [5.41, 5.74) is 3.13. The average Bonchev–Trinajstić information content (AvgIpc) is 3.15. The van der Waals surface area contributed by atoms with Crippen LogP contribution in [0.3, 0.4) is 0 Å². The molecule has 0 unspecified atom stereocenters. The van der Waals surface area contributed by atoms with Crippen molar-refractivity contribution in [3.05, 3.63) is 71.5 Å². The summed E-state index contributed by atoms with van der Waals surface area (Å²) in [6.07, 6.45) is 0.914. The third-order valence-corrected chi connectivity index (χ3v) is 4.14. The minimum atomic E-state index is -0.190. The fourth-order valence-electron chi connectivity index (χ4n) is 2.78. The highest BCUT2D eigenvalue weighted by molar-refractivity contribution is 6.04. The molecule has 0 aliphatic rings. The molecule has 0 aliphatic carbocycles. The lowest BCUT2D eigenvalue weighted by molar-refractivity contribution is 0.102. The molecule has 0 atom stereocenters. The van der Waals surface area contributed by atoms with E-state index in [2.05, 4.69) is 5.32 Å². The van der Waals surface area contributed by atoms with Gasteiger partial charge >= 0.3 is 0 Å². The van der Waals surface area contributed by atoms with E-state index in [4.69, 9.17) is 14.3 Å². The monoisotopic (exact) mass is 365 g/mol. The van der Waals surface area contributed by atoms with Gasteiger partial charge in [0.25, 0.3) is 5.91 Å². The van der Waals surface area contributed by atoms with Crippen molar-refractivity contribution >= 4 is 11.6 Å². The lowest BCUT2D eigenvalue weighted by Gasteiger charge is -2.10. The number of carbonyl (C=O) groups excluding carboxylic acids is 1. The topological polar surface area (TPSA) is 71.7 Å². The smallest absolute Gasteiger partial charge is 0.255 e. The summed E-state index contributed by atoms with van der Waals surface area (Å²) in [6.45, 7) is 4.48. The van der Waals surface area contributed by atoms with E-state index in [-0.39, 0.29) is 12.5 Å². The number of furan rings is 1. The maximum absolute atomic E-state index is 12.5. The molecule has 0 fully saturated rings. The fourth-order valence-corrected chi connectivity index (χ4v) is 2.78. The highest BCUT2D eigenvalue weighted by Gasteiger charge is 2.11. The van der Waals surface area contributed by atoms with Gasteiger partial charge in [0.15, 0.2) is 0 Å². The number of amides is 1. The van der Waals surface area contributed by atoms with Crippen molar-refractivity contribution in [2.75, 3.05) is 11.9 Å². The second-order valence-corrected chi connectivity index (χ2v) is 6.28. The second-order valence-electron chi connectivity index (χ2n) is 6.28. The molecular formula is C22H23NO4. The first-order valence-electron chi connectivity index (χ1n) is 8.95. The fraction of sp³-hybridized carbons (Fsp3) is 0.227. The third-order valence-electron chi connectivity index (χ3n) is 4.14. The normalized spacial score (nSPS) is 10.6. The van der Waals surface area contributed by atoms with Crippen LogP contribution in [0.25, 0.3) is 11.3 Å². The Morgan fingerprint density at radius 1 is 1.15 bits per heavy atom. The number of aliphatic hydroxyl groups is 1. The minimum Gasteiger partial charge on any atom is -0.494 e. The standard InChI is InChI=1S/C22H23NO4/c1-3-11-26-18-6-4-5-16(13-18)22(25)23-17-7-9-20(15(2)12-17)21-10-8-19(14-24)27-21/h4-10,12-13,24H,3,11,14H2,1-2H3,(H,23,25). The molecule has 1 amide bonds. The zero-order chi connectivity index (χ0) is 19.2. The molecule has 5 nitrogen and oxygen atoms in total. The Hall–Kier alpha value is -3.05. The number of carbonyl (C=O) groups is 1. The molecule has 1 aromatic heterocycles. The summed E-state index contributed by atoms with van der Waals surface area (Å²) >= 11 is 0. The van der Waals surface area contributed by atoms with Crippen LogP contribution in [0.1, 0.15) is 35.0 Å². The predicted octanol–water partition coefficient (Wildman–Crippen LogP) is 4.79. The number of ether oxygens (including phenoxy) is 1. The third kappa shape index (κ3) is 4.57. The number of hydrogen-bond donors (Lipinski definition) is 2. The zero-order valence-corrected chi connectivity index (χ0v) is 15.5. The van der Waals surface area contributed by atoms with Crippen LogP contribution in [0.5, 0.6) is 5.75 Å². The first kappa shape index (κ1) is 18.7. The van der Waals surface area contributed by atoms with Gasteiger partial charge in [0.1, 0.15) is 23.9 Å². The van der Waals surface area contributed by atoms with Crippen LogP contribution >= 0.6 is 0 Å². The van der Waals surface area contributed by atoms with Crippen LogP contribution in [0.2, 0.25) is 0 Å². The van der Waals surface area contributed by atoms with Gasteiger partial charge in [-0.2, -0.15) is 0 Å². The molecule has 27 heavy (non-hydrogen) atoms. The number of aliphatic hydroxyl groups excluding tert-OH is 1. The molecule has 0 spiro atoms. The van der Waals surface area contributed by atoms with Crippen LogP contribution in [0, 0.1) is 6.92 Å². The summed E-state index contributed by atoms with van der Waals surface area (Å²) in [6, 6.07) is 16.3. The molecule has 0 saturated heterocycles. The molecule has 0 saturated carbocycles. The molecule has 1 heterocycles. The van der Waals surface area contributed by atoms with Gasteiger partial charge in [0.2, 0.25) is 0 Å². The lowest BCUT2D eigenvalue weighted by Crippen LogP contribution is -2.12. The summed E-state index contributed by atoms with van der Waals surface area (Å²) in [5, 5.41) is 12.0. The van der Waals surface area contributed by atoms with E-state index in [0.29, 0.717) is 35.1 Å². The molecule has 0 aliphatic heterocycles. The molecule has 140 valence electrons. The van der Waals surface area contributed by atoms with E-state index in [1.165, 1.54) is 0 Å². The van der Waals surface area contributed by atoms with Crippen molar-refractivity contribution in [3.8, 4) is 17.1 Å². The van der Waals surface area contributed by atoms with E-state index in [0.717, 1.165) is 17.5 Å². The Bertz CT molecular complexity index is 930. The minimum absolute atomic E-state index is 0.131. The Labute approximate surface area is 158 Å². The maximum Gasteiger partial charge on any atom is 0.255 e. The van der Waals surface area contributed by atoms with Crippen molar-refractivity contribution in [2.24, 2.45) is 0 Å². The molecule has 5 heteroatoms. The van der Waals surface area contributed by atoms with Gasteiger partial charge < -0.3 is 19.6 Å². The van der Waals surface area contributed by atoms with Gasteiger partial charge in [-0.05, 0) is 67.4 Å². The highest BCUT2D eigenvalue weighted by atomic mass is 16.5. The largest absolute Gasteiger partial charge is 0.494 e. The Kier molecular flexibility index (Phi) is 5.94. The van der Waals surface area contributed by atoms with E-state index in [1.807, 2.05) is 50.2 Å². The quantitative estimate of drug-likeness (QED) is 0.631. The van der Waals surface area contributed by atoms with Crippen LogP contribution in [0.4, 0.5) is 5.69 Å². The number of benzene rings is 2. The Morgan fingerprint density at radius 3 is 2.70 bits per heavy atom. The molecule has 2 aromatic carbocycles. The number of nitrogens with one attached hydrogen (secondary N) is 1. The SMILES string of the molecule is CCCOc1cccc(C(=O)Nc2ccc(-c3ccc(CO)o3)c(C)c2)c1. The highest BCUT2D eigenvalue weighted by Crippen LogP contribution is 2.28. The van der Waals surface area contributed by atoms with E-state index in [1.54, 1.807) is 18.2 Å². The number of rotatable bonds is 7. The van der Waals surface area contributed by atoms with Gasteiger partial charge in [-0.3, -0.25) is 4.79 Å². The molecule has 0 bridgehead atoms. The van der Waals surface area contributed by atoms with Gasteiger partial charge in [-0.15, -0.1) is 0 Å². The van der Waals surface area contributed by atoms with Crippen LogP contribution in [-0.4, -0.2) is 17.6 Å². The summed E-state index contributed by atoms with van der Waals surface area (Å²) in [7, 11) is 0. The number of hydrogen-bond acceptors (Lipinski definition) is 4. The lowest BCUT2D eigenvalue weighted by atomic mass is 10.1. The maximum atomic E-state index is 12.5. The second kappa shape index (κ2) is 8.56. The average molecular weight is 365 g/mol. The van der Waals surface area contributed by atoms with Gasteiger partial charge in [0, 0.05) is 16.8 Å². The van der Waals surface area contributed by atoms with Gasteiger partial charge in [-0.25, -0.2) is 0 Å². The number of aryl methyl sites for hydroxylation is 1. The van der Waals surface area contributed by atoms with Crippen molar-refractivity contribution in [3.63, 3.8) is 0 Å². The molecule has 3 rings (SSSR count). The van der Waals surface area contributed by atoms with Crippen LogP contribution < -0.4 is 10.1 Å². The van der Waals surface area contributed by atoms with Crippen molar-refractivity contribution in [1.82, 2.24) is 0 Å². The van der Waals surface area contributed by atoms with Gasteiger partial charge in [0.05, 0.1) is 6.61 Å². The van der Waals surface area contributed by atoms with Crippen LogP contribution in [-0.2, 0) is 6.61 Å². The summed E-state index contributed by atoms with van der Waals surface area (Å²) in [5.74, 6) is 1.71. The Balaban J connectivity index is 1.74. The first-order chi connectivity index (χ1) is 13.1. The van der Waals surface area contributed by atoms with Crippen molar-refractivity contribution < 1.29 is 19.1 Å². The predicted molar refractivity (Wildman–Crippen MR) is 105 cm³/mol. The zero-order valence-electron chi connectivity index (χ0n) is 15.5. The van der Waals surface area contributed by atoms with E-state index in [9.17, 15) is 4.79 Å². The molecule has 3 aromatic rings. The van der Waals surface area contributed by atoms with Crippen LogP contribution in [0.15, 0.2) is 59.0 Å². The number of anilines is 1. The van der Waals surface area contributed by atoms with Crippen molar-refractivity contribution in [2.45, 2.75) is 26.9 Å². The van der Waals surface area contributed by atoms with E-state index < -0.39 is 0 Å². The summed E-state index contributed by atoms with van der Waals surface area (Å²) < 4.78 is 11.2. The summed E-state index contributed by atoms with van der Waals surface area (Å²) in [4.78, 5) is 12.5. The Morgan fingerprint density at radius 2 is 2.00 bits per heavy atom. The molecular weight excluding hydrogens is 342 g/mol.